The van der Waals surface area contributed by atoms with Gasteiger partial charge in [-0.05, 0) is 18.2 Å². The Morgan fingerprint density at radius 2 is 1.29 bits per heavy atom. The van der Waals surface area contributed by atoms with E-state index in [1.165, 1.54) is 38.5 Å². The predicted molar refractivity (Wildman–Crippen MR) is 98.5 cm³/mol. The Morgan fingerprint density at radius 3 is 1.43 bits per heavy atom. The molecule has 0 atom stereocenters. The van der Waals surface area contributed by atoms with E-state index in [0.29, 0.717) is 0 Å². The molecule has 0 saturated heterocycles. The molecule has 0 aliphatic heterocycles. The second-order valence-electron chi connectivity index (χ2n) is 4.55. The molecule has 0 aromatic carbocycles. The van der Waals surface area contributed by atoms with Crippen molar-refractivity contribution in [2.45, 2.75) is 86.5 Å². The maximum absolute atomic E-state index is 8.30. The SMILES string of the molecule is CCCC.CCCC.CCCC.N#CC1=CC=C=CC1.[Sn]. The molecule has 21 heavy (non-hydrogen) atoms. The first kappa shape index (κ1) is 28.7. The number of rotatable bonds is 3. The number of hydrogen-bond donors (Lipinski definition) is 0. The van der Waals surface area contributed by atoms with Gasteiger partial charge in [0, 0.05) is 35.9 Å². The van der Waals surface area contributed by atoms with Crippen molar-refractivity contribution < 1.29 is 0 Å². The number of nitrogens with zero attached hydrogens (tertiary/aromatic N) is 1. The summed E-state index contributed by atoms with van der Waals surface area (Å²) in [7, 11) is 0. The van der Waals surface area contributed by atoms with Gasteiger partial charge in [0.1, 0.15) is 0 Å². The van der Waals surface area contributed by atoms with Crippen LogP contribution in [-0.4, -0.2) is 23.9 Å². The summed E-state index contributed by atoms with van der Waals surface area (Å²) in [6.07, 6.45) is 14.0. The average molecular weight is 396 g/mol. The third kappa shape index (κ3) is 38.2. The summed E-state index contributed by atoms with van der Waals surface area (Å²) >= 11 is 0. The van der Waals surface area contributed by atoms with Crippen molar-refractivity contribution >= 4 is 23.9 Å². The summed E-state index contributed by atoms with van der Waals surface area (Å²) in [6, 6.07) is 2.06. The van der Waals surface area contributed by atoms with E-state index in [2.05, 4.69) is 53.3 Å². The average Bonchev–Trinajstić information content (AvgIpc) is 2.56. The summed E-state index contributed by atoms with van der Waals surface area (Å²) in [5.74, 6) is 0. The quantitative estimate of drug-likeness (QED) is 0.390. The Morgan fingerprint density at radius 1 is 0.905 bits per heavy atom. The molecule has 0 aromatic heterocycles. The van der Waals surface area contributed by atoms with Gasteiger partial charge in [0.05, 0.1) is 6.07 Å². The first-order valence-corrected chi connectivity index (χ1v) is 8.18. The fraction of sp³-hybridized carbons (Fsp3) is 0.684. The Bertz CT molecular complexity index is 276. The van der Waals surface area contributed by atoms with E-state index in [-0.39, 0.29) is 23.9 Å². The molecule has 0 amide bonds. The zero-order chi connectivity index (χ0) is 16.1. The number of nitriles is 1. The van der Waals surface area contributed by atoms with Crippen LogP contribution in [-0.2, 0) is 0 Å². The molecule has 0 N–H and O–H groups in total. The van der Waals surface area contributed by atoms with Gasteiger partial charge in [0.15, 0.2) is 0 Å². The minimum absolute atomic E-state index is 0. The van der Waals surface area contributed by atoms with Gasteiger partial charge in [-0.2, -0.15) is 5.26 Å². The summed E-state index contributed by atoms with van der Waals surface area (Å²) in [5.41, 5.74) is 3.68. The Hall–Kier alpha value is -0.451. The third-order valence-corrected chi connectivity index (χ3v) is 2.46. The largest absolute Gasteiger partial charge is 0.193 e. The minimum atomic E-state index is 0. The van der Waals surface area contributed by atoms with E-state index in [1.807, 2.05) is 6.08 Å². The molecule has 4 radical (unpaired) electrons. The summed E-state index contributed by atoms with van der Waals surface area (Å²) in [4.78, 5) is 0. The van der Waals surface area contributed by atoms with Gasteiger partial charge in [-0.15, -0.1) is 5.73 Å². The monoisotopic (exact) mass is 397 g/mol. The van der Waals surface area contributed by atoms with Crippen LogP contribution in [0.5, 0.6) is 0 Å². The topological polar surface area (TPSA) is 23.8 Å². The standard InChI is InChI=1S/C7H5N.3C4H10.Sn/c8-6-7-4-2-1-3-5-7;3*1-3-4-2;/h2-4H,5H2;3*3-4H2,1-2H3;. The molecule has 1 aliphatic rings. The zero-order valence-corrected chi connectivity index (χ0v) is 18.0. The maximum Gasteiger partial charge on any atom is 0.0950 e. The van der Waals surface area contributed by atoms with Crippen LogP contribution in [0.25, 0.3) is 0 Å². The normalized spacial score (nSPS) is 10.0. The molecule has 1 rings (SSSR count). The van der Waals surface area contributed by atoms with Crippen molar-refractivity contribution in [1.82, 2.24) is 0 Å². The minimum Gasteiger partial charge on any atom is -0.193 e. The van der Waals surface area contributed by atoms with E-state index < -0.39 is 0 Å². The van der Waals surface area contributed by atoms with Crippen LogP contribution in [0.4, 0.5) is 0 Å². The van der Waals surface area contributed by atoms with Crippen molar-refractivity contribution in [2.24, 2.45) is 0 Å². The van der Waals surface area contributed by atoms with Gasteiger partial charge in [-0.1, -0.05) is 80.1 Å². The number of allylic oxidation sites excluding steroid dienone is 3. The van der Waals surface area contributed by atoms with Crippen molar-refractivity contribution in [3.05, 3.63) is 29.5 Å². The molecule has 0 saturated carbocycles. The summed E-state index contributed by atoms with van der Waals surface area (Å²) in [6.45, 7) is 13.1. The van der Waals surface area contributed by atoms with Crippen molar-refractivity contribution in [3.63, 3.8) is 0 Å². The van der Waals surface area contributed by atoms with Crippen LogP contribution in [0.1, 0.15) is 86.5 Å². The smallest absolute Gasteiger partial charge is 0.0950 e. The molecule has 0 bridgehead atoms. The van der Waals surface area contributed by atoms with Crippen LogP contribution < -0.4 is 0 Å². The molecule has 0 fully saturated rings. The first-order valence-electron chi connectivity index (χ1n) is 8.18. The van der Waals surface area contributed by atoms with Crippen LogP contribution >= 0.6 is 0 Å². The van der Waals surface area contributed by atoms with Crippen molar-refractivity contribution in [3.8, 4) is 6.07 Å². The zero-order valence-electron chi connectivity index (χ0n) is 15.1. The second kappa shape index (κ2) is 31.8. The maximum atomic E-state index is 8.30. The third-order valence-electron chi connectivity index (χ3n) is 2.46. The fourth-order valence-electron chi connectivity index (χ4n) is 0.537. The summed E-state index contributed by atoms with van der Waals surface area (Å²) in [5, 5.41) is 8.30. The van der Waals surface area contributed by atoms with Crippen LogP contribution in [0.3, 0.4) is 0 Å². The molecule has 2 heteroatoms. The van der Waals surface area contributed by atoms with Gasteiger partial charge in [0.25, 0.3) is 0 Å². The van der Waals surface area contributed by atoms with Gasteiger partial charge in [0.2, 0.25) is 0 Å². The predicted octanol–water partition coefficient (Wildman–Crippen LogP) is 6.59. The molecule has 120 valence electrons. The van der Waals surface area contributed by atoms with E-state index in [0.717, 1.165) is 12.0 Å². The molecule has 0 heterocycles. The van der Waals surface area contributed by atoms with Crippen LogP contribution in [0.15, 0.2) is 29.5 Å². The van der Waals surface area contributed by atoms with Gasteiger partial charge in [-0.3, -0.25) is 0 Å². The van der Waals surface area contributed by atoms with Crippen LogP contribution in [0, 0.1) is 11.3 Å². The summed E-state index contributed by atoms with van der Waals surface area (Å²) < 4.78 is 0. The Labute approximate surface area is 151 Å². The van der Waals surface area contributed by atoms with Gasteiger partial charge in [-0.25, -0.2) is 0 Å². The van der Waals surface area contributed by atoms with E-state index in [4.69, 9.17) is 5.26 Å². The molecule has 0 spiro atoms. The van der Waals surface area contributed by atoms with Crippen molar-refractivity contribution in [1.29, 1.82) is 5.26 Å². The van der Waals surface area contributed by atoms with E-state index in [1.54, 1.807) is 12.2 Å². The van der Waals surface area contributed by atoms with Gasteiger partial charge < -0.3 is 0 Å². The van der Waals surface area contributed by atoms with Crippen molar-refractivity contribution in [2.75, 3.05) is 0 Å². The second-order valence-corrected chi connectivity index (χ2v) is 4.55. The fourth-order valence-corrected chi connectivity index (χ4v) is 0.537. The molecule has 1 nitrogen and oxygen atoms in total. The van der Waals surface area contributed by atoms with E-state index in [9.17, 15) is 0 Å². The molecule has 0 aromatic rings. The molecular formula is C19H35NSn. The number of hydrogen-bond acceptors (Lipinski definition) is 1. The van der Waals surface area contributed by atoms with Gasteiger partial charge >= 0.3 is 0 Å². The molecular weight excluding hydrogens is 361 g/mol. The first-order chi connectivity index (χ1) is 9.67. The van der Waals surface area contributed by atoms with Crippen LogP contribution in [0.2, 0.25) is 0 Å². The Kier molecular flexibility index (Phi) is 43.4. The Balaban J connectivity index is -0.0000000973. The molecule has 1 aliphatic carbocycles. The number of unbranched alkanes of at least 4 members (excludes halogenated alkanes) is 3. The molecule has 0 unspecified atom stereocenters. The van der Waals surface area contributed by atoms with E-state index >= 15 is 0 Å².